The van der Waals surface area contributed by atoms with Crippen molar-refractivity contribution < 1.29 is 8.81 Å². The molecule has 6 nitrogen and oxygen atoms in total. The van der Waals surface area contributed by atoms with Crippen molar-refractivity contribution in [2.45, 2.75) is 13.5 Å². The predicted octanol–water partition coefficient (Wildman–Crippen LogP) is 7.14. The van der Waals surface area contributed by atoms with Crippen LogP contribution in [0.5, 0.6) is 0 Å². The maximum Gasteiger partial charge on any atom is 0.282 e. The minimum absolute atomic E-state index is 0.269. The van der Waals surface area contributed by atoms with Gasteiger partial charge < -0.3 is 8.98 Å². The number of para-hydroxylation sites is 3. The molecule has 194 valence electrons. The number of aromatic nitrogens is 3. The summed E-state index contributed by atoms with van der Waals surface area (Å²) in [6, 6.07) is 31.3. The highest BCUT2D eigenvalue weighted by Crippen LogP contribution is 2.28. The lowest BCUT2D eigenvalue weighted by atomic mass is 10.1. The van der Waals surface area contributed by atoms with Gasteiger partial charge in [0.25, 0.3) is 5.56 Å². The lowest BCUT2D eigenvalue weighted by Gasteiger charge is -2.09. The monoisotopic (exact) mass is 526 g/mol. The SMILES string of the molecule is Cc1c(C=Nn2c(-c3cc4ccccc4o3)nc3ccccc3c2=O)c2ccccc2n1Cc1cccc(F)c1. The van der Waals surface area contributed by atoms with E-state index in [4.69, 9.17) is 14.5 Å². The zero-order valence-electron chi connectivity index (χ0n) is 21.6. The van der Waals surface area contributed by atoms with E-state index in [-0.39, 0.29) is 11.4 Å². The molecule has 0 atom stereocenters. The number of halogens is 1. The Morgan fingerprint density at radius 2 is 1.68 bits per heavy atom. The van der Waals surface area contributed by atoms with E-state index in [1.807, 2.05) is 79.7 Å². The minimum Gasteiger partial charge on any atom is -0.453 e. The first-order valence-electron chi connectivity index (χ1n) is 12.9. The van der Waals surface area contributed by atoms with Crippen molar-refractivity contribution in [3.63, 3.8) is 0 Å². The van der Waals surface area contributed by atoms with Crippen LogP contribution in [0.4, 0.5) is 4.39 Å². The molecule has 0 aliphatic heterocycles. The minimum atomic E-state index is -0.293. The maximum absolute atomic E-state index is 13.9. The van der Waals surface area contributed by atoms with Crippen molar-refractivity contribution in [1.29, 1.82) is 0 Å². The first-order chi connectivity index (χ1) is 19.6. The number of nitrogens with zero attached hydrogens (tertiary/aromatic N) is 4. The van der Waals surface area contributed by atoms with E-state index in [1.54, 1.807) is 30.5 Å². The molecule has 0 fully saturated rings. The number of hydrogen-bond donors (Lipinski definition) is 0. The van der Waals surface area contributed by atoms with Crippen molar-refractivity contribution >= 4 is 39.0 Å². The maximum atomic E-state index is 13.9. The van der Waals surface area contributed by atoms with Crippen molar-refractivity contribution in [1.82, 2.24) is 14.2 Å². The van der Waals surface area contributed by atoms with Gasteiger partial charge in [0.05, 0.1) is 17.1 Å². The second-order valence-corrected chi connectivity index (χ2v) is 9.69. The molecule has 3 aromatic heterocycles. The average Bonchev–Trinajstić information content (AvgIpc) is 3.52. The molecule has 0 aliphatic rings. The van der Waals surface area contributed by atoms with Crippen molar-refractivity contribution in [3.05, 3.63) is 136 Å². The molecule has 0 spiro atoms. The van der Waals surface area contributed by atoms with Gasteiger partial charge in [-0.05, 0) is 55.0 Å². The predicted molar refractivity (Wildman–Crippen MR) is 156 cm³/mol. The molecule has 7 aromatic rings. The van der Waals surface area contributed by atoms with Crippen LogP contribution in [0.2, 0.25) is 0 Å². The van der Waals surface area contributed by atoms with Crippen LogP contribution in [0.15, 0.2) is 117 Å². The number of fused-ring (bicyclic) bond motifs is 3. The van der Waals surface area contributed by atoms with Crippen LogP contribution in [-0.4, -0.2) is 20.4 Å². The van der Waals surface area contributed by atoms with Crippen LogP contribution < -0.4 is 5.56 Å². The fourth-order valence-electron chi connectivity index (χ4n) is 5.24. The molecule has 0 bridgehead atoms. The summed E-state index contributed by atoms with van der Waals surface area (Å²) in [6.07, 6.45) is 1.70. The van der Waals surface area contributed by atoms with Crippen LogP contribution in [0.3, 0.4) is 0 Å². The van der Waals surface area contributed by atoms with Crippen molar-refractivity contribution in [2.24, 2.45) is 5.10 Å². The summed E-state index contributed by atoms with van der Waals surface area (Å²) < 4.78 is 23.4. The Labute approximate surface area is 228 Å². The van der Waals surface area contributed by atoms with E-state index in [2.05, 4.69) is 4.57 Å². The number of hydrogen-bond acceptors (Lipinski definition) is 4. The van der Waals surface area contributed by atoms with E-state index in [9.17, 15) is 9.18 Å². The largest absolute Gasteiger partial charge is 0.453 e. The fourth-order valence-corrected chi connectivity index (χ4v) is 5.24. The molecule has 0 unspecified atom stereocenters. The number of benzene rings is 4. The highest BCUT2D eigenvalue weighted by atomic mass is 19.1. The Kier molecular flexibility index (Phi) is 5.63. The third kappa shape index (κ3) is 3.99. The quantitative estimate of drug-likeness (QED) is 0.224. The Bertz CT molecular complexity index is 2120. The van der Waals surface area contributed by atoms with Crippen LogP contribution in [0.25, 0.3) is 44.4 Å². The molecule has 0 N–H and O–H groups in total. The normalized spacial score (nSPS) is 11.8. The molecule has 0 saturated carbocycles. The molecule has 7 rings (SSSR count). The van der Waals surface area contributed by atoms with Crippen molar-refractivity contribution in [2.75, 3.05) is 0 Å². The highest BCUT2D eigenvalue weighted by Gasteiger charge is 2.18. The topological polar surface area (TPSA) is 65.3 Å². The zero-order chi connectivity index (χ0) is 27.2. The van der Waals surface area contributed by atoms with Crippen molar-refractivity contribution in [3.8, 4) is 11.6 Å². The Balaban J connectivity index is 1.41. The van der Waals surface area contributed by atoms with E-state index < -0.39 is 0 Å². The van der Waals surface area contributed by atoms with Gasteiger partial charge in [0.2, 0.25) is 5.82 Å². The van der Waals surface area contributed by atoms with Crippen LogP contribution in [-0.2, 0) is 6.54 Å². The second kappa shape index (κ2) is 9.47. The number of rotatable bonds is 5. The summed E-state index contributed by atoms with van der Waals surface area (Å²) in [7, 11) is 0. The molecule has 0 radical (unpaired) electrons. The van der Waals surface area contributed by atoms with Crippen LogP contribution >= 0.6 is 0 Å². The van der Waals surface area contributed by atoms with E-state index in [0.29, 0.717) is 34.6 Å². The molecule has 3 heterocycles. The number of furan rings is 1. The van der Waals surface area contributed by atoms with Gasteiger partial charge in [0.1, 0.15) is 11.4 Å². The standard InChI is InChI=1S/C33H23FN4O2/c1-21-27(25-12-4-6-15-29(25)37(21)20-22-9-8-11-24(34)17-22)19-35-38-32(31-18-23-10-2-7-16-30(23)40-31)36-28-14-5-3-13-26(28)33(38)39/h2-19H,20H2,1H3. The summed E-state index contributed by atoms with van der Waals surface area (Å²) >= 11 is 0. The summed E-state index contributed by atoms with van der Waals surface area (Å²) in [5.74, 6) is 0.499. The molecular formula is C33H23FN4O2. The summed E-state index contributed by atoms with van der Waals surface area (Å²) in [5.41, 5.74) is 4.63. The van der Waals surface area contributed by atoms with Crippen LogP contribution in [0.1, 0.15) is 16.8 Å². The smallest absolute Gasteiger partial charge is 0.282 e. The average molecular weight is 527 g/mol. The third-order valence-electron chi connectivity index (χ3n) is 7.21. The molecule has 0 saturated heterocycles. The third-order valence-corrected chi connectivity index (χ3v) is 7.21. The molecule has 4 aromatic carbocycles. The van der Waals surface area contributed by atoms with Gasteiger partial charge in [-0.3, -0.25) is 4.79 Å². The van der Waals surface area contributed by atoms with Gasteiger partial charge in [-0.1, -0.05) is 60.7 Å². The molecule has 40 heavy (non-hydrogen) atoms. The van der Waals surface area contributed by atoms with Gasteiger partial charge >= 0.3 is 0 Å². The van der Waals surface area contributed by atoms with Gasteiger partial charge in [0, 0.05) is 34.1 Å². The van der Waals surface area contributed by atoms with E-state index in [1.165, 1.54) is 10.7 Å². The lowest BCUT2D eigenvalue weighted by molar-refractivity contribution is 0.616. The Morgan fingerprint density at radius 1 is 0.900 bits per heavy atom. The first-order valence-corrected chi connectivity index (χ1v) is 12.9. The summed E-state index contributed by atoms with van der Waals surface area (Å²) in [4.78, 5) is 18.5. The summed E-state index contributed by atoms with van der Waals surface area (Å²) in [5, 5.41) is 7.05. The Hall–Kier alpha value is -5.30. The van der Waals surface area contributed by atoms with E-state index >= 15 is 0 Å². The van der Waals surface area contributed by atoms with Gasteiger partial charge in [0.15, 0.2) is 5.76 Å². The lowest BCUT2D eigenvalue weighted by Crippen LogP contribution is -2.20. The second-order valence-electron chi connectivity index (χ2n) is 9.69. The Morgan fingerprint density at radius 3 is 2.52 bits per heavy atom. The summed E-state index contributed by atoms with van der Waals surface area (Å²) in [6.45, 7) is 2.50. The van der Waals surface area contributed by atoms with Gasteiger partial charge in [-0.2, -0.15) is 9.78 Å². The van der Waals surface area contributed by atoms with Gasteiger partial charge in [-0.25, -0.2) is 9.37 Å². The van der Waals surface area contributed by atoms with E-state index in [0.717, 1.165) is 33.1 Å². The molecule has 0 amide bonds. The first kappa shape index (κ1) is 23.8. The van der Waals surface area contributed by atoms with Gasteiger partial charge in [-0.15, -0.1) is 0 Å². The van der Waals surface area contributed by atoms with Crippen LogP contribution in [0, 0.1) is 12.7 Å². The molecular weight excluding hydrogens is 503 g/mol. The molecule has 7 heteroatoms. The highest BCUT2D eigenvalue weighted by molar-refractivity contribution is 6.01. The zero-order valence-corrected chi connectivity index (χ0v) is 21.6. The molecule has 0 aliphatic carbocycles. The fraction of sp³-hybridized carbons (Fsp3) is 0.0606.